The molecule has 4 atom stereocenters. The van der Waals surface area contributed by atoms with Crippen molar-refractivity contribution >= 4 is 34.6 Å². The van der Waals surface area contributed by atoms with Crippen molar-refractivity contribution in [2.45, 2.75) is 32.6 Å². The molecule has 2 saturated carbocycles. The second-order valence-corrected chi connectivity index (χ2v) is 9.24. The van der Waals surface area contributed by atoms with Crippen LogP contribution < -0.4 is 0 Å². The van der Waals surface area contributed by atoms with E-state index >= 15 is 0 Å². The number of hydrogen-bond acceptors (Lipinski definition) is 2. The molecule has 2 bridgehead atoms. The number of aliphatic hydroxyl groups is 1. The van der Waals surface area contributed by atoms with E-state index in [9.17, 15) is 14.3 Å². The third kappa shape index (κ3) is 2.70. The van der Waals surface area contributed by atoms with Crippen LogP contribution in [-0.2, 0) is 11.2 Å². The topological polar surface area (TPSA) is 37.3 Å². The summed E-state index contributed by atoms with van der Waals surface area (Å²) in [6, 6.07) is 8.82. The van der Waals surface area contributed by atoms with Crippen molar-refractivity contribution in [2.24, 2.45) is 23.7 Å². The molecule has 0 heterocycles. The highest BCUT2D eigenvalue weighted by atomic mass is 35.5. The van der Waals surface area contributed by atoms with Gasteiger partial charge in [0.25, 0.3) is 0 Å². The van der Waals surface area contributed by atoms with Crippen molar-refractivity contribution in [3.05, 3.63) is 63.1 Å². The van der Waals surface area contributed by atoms with E-state index in [4.69, 9.17) is 23.2 Å². The minimum atomic E-state index is -0.655. The molecule has 2 nitrogen and oxygen atoms in total. The minimum absolute atomic E-state index is 0.0267. The van der Waals surface area contributed by atoms with E-state index in [0.717, 1.165) is 36.8 Å². The van der Waals surface area contributed by atoms with Crippen molar-refractivity contribution in [1.82, 2.24) is 0 Å². The Morgan fingerprint density at radius 3 is 2.48 bits per heavy atom. The van der Waals surface area contributed by atoms with Crippen molar-refractivity contribution < 1.29 is 14.3 Å². The number of fused-ring (bicyclic) bond motifs is 5. The predicted octanol–water partition coefficient (Wildman–Crippen LogP) is 6.88. The molecule has 150 valence electrons. The minimum Gasteiger partial charge on any atom is -0.511 e. The number of carbonyl (C=O) groups is 1. The van der Waals surface area contributed by atoms with E-state index < -0.39 is 5.82 Å². The maximum atomic E-state index is 14.2. The van der Waals surface area contributed by atoms with Gasteiger partial charge < -0.3 is 5.11 Å². The van der Waals surface area contributed by atoms with Crippen LogP contribution in [0.4, 0.5) is 4.39 Å². The molecule has 2 aromatic carbocycles. The second-order valence-electron chi connectivity index (χ2n) is 8.46. The smallest absolute Gasteiger partial charge is 0.170 e. The monoisotopic (exact) mass is 430 g/mol. The number of aliphatic hydroxyl groups excluding tert-OH is 1. The Hall–Kier alpha value is -1.84. The molecule has 0 aliphatic heterocycles. The highest BCUT2D eigenvalue weighted by molar-refractivity contribution is 6.36. The summed E-state index contributed by atoms with van der Waals surface area (Å²) in [7, 11) is 0. The number of ketones is 1. The number of halogens is 3. The van der Waals surface area contributed by atoms with Crippen LogP contribution in [0.25, 0.3) is 16.7 Å². The fraction of sp³-hybridized carbons (Fsp3) is 0.375. The first-order valence-corrected chi connectivity index (χ1v) is 10.9. The molecule has 2 aromatic rings. The van der Waals surface area contributed by atoms with E-state index in [-0.39, 0.29) is 33.4 Å². The summed E-state index contributed by atoms with van der Waals surface area (Å²) in [6.07, 6.45) is 3.96. The molecule has 0 radical (unpaired) electrons. The van der Waals surface area contributed by atoms with Crippen molar-refractivity contribution in [2.75, 3.05) is 0 Å². The largest absolute Gasteiger partial charge is 0.511 e. The fourth-order valence-corrected chi connectivity index (χ4v) is 6.31. The van der Waals surface area contributed by atoms with Gasteiger partial charge in [-0.05, 0) is 66.3 Å². The Bertz CT molecular complexity index is 1070. The van der Waals surface area contributed by atoms with E-state index in [0.29, 0.717) is 28.5 Å². The van der Waals surface area contributed by atoms with Crippen LogP contribution in [0.5, 0.6) is 0 Å². The van der Waals surface area contributed by atoms with Gasteiger partial charge in [0.15, 0.2) is 11.6 Å². The van der Waals surface area contributed by atoms with Gasteiger partial charge in [0.1, 0.15) is 5.76 Å². The third-order valence-electron chi connectivity index (χ3n) is 7.14. The molecular formula is C24H21Cl2FO2. The van der Waals surface area contributed by atoms with Gasteiger partial charge in [0, 0.05) is 17.4 Å². The van der Waals surface area contributed by atoms with Gasteiger partial charge in [-0.25, -0.2) is 4.39 Å². The van der Waals surface area contributed by atoms with Gasteiger partial charge >= 0.3 is 0 Å². The molecule has 5 heteroatoms. The molecule has 4 unspecified atom stereocenters. The lowest BCUT2D eigenvalue weighted by Gasteiger charge is -2.23. The zero-order chi connectivity index (χ0) is 20.4. The highest BCUT2D eigenvalue weighted by Crippen LogP contribution is 2.60. The Morgan fingerprint density at radius 1 is 1.07 bits per heavy atom. The molecule has 5 rings (SSSR count). The quantitative estimate of drug-likeness (QED) is 0.538. The number of carbonyl (C=O) groups excluding carboxylic acids is 1. The number of aryl methyl sites for hydroxylation is 1. The Labute approximate surface area is 179 Å². The van der Waals surface area contributed by atoms with Gasteiger partial charge in [-0.15, -0.1) is 0 Å². The van der Waals surface area contributed by atoms with E-state index in [1.807, 2.05) is 25.1 Å². The molecule has 0 amide bonds. The van der Waals surface area contributed by atoms with Gasteiger partial charge in [-0.2, -0.15) is 0 Å². The normalized spacial score (nSPS) is 27.8. The van der Waals surface area contributed by atoms with Crippen molar-refractivity contribution in [1.29, 1.82) is 0 Å². The van der Waals surface area contributed by atoms with Crippen molar-refractivity contribution in [3.8, 4) is 11.1 Å². The first kappa shape index (κ1) is 19.1. The number of Topliss-reactive ketones (excluding diaryl/α,β-unsaturated/α-hetero) is 1. The maximum absolute atomic E-state index is 14.2. The van der Waals surface area contributed by atoms with Gasteiger partial charge in [0.2, 0.25) is 0 Å². The lowest BCUT2D eigenvalue weighted by Crippen LogP contribution is -2.24. The fourth-order valence-electron chi connectivity index (χ4n) is 5.83. The Kier molecular flexibility index (Phi) is 4.52. The molecule has 3 aliphatic rings. The summed E-state index contributed by atoms with van der Waals surface area (Å²) in [4.78, 5) is 13.3. The average Bonchev–Trinajstić information content (AvgIpc) is 3.40. The summed E-state index contributed by atoms with van der Waals surface area (Å²) >= 11 is 12.0. The summed E-state index contributed by atoms with van der Waals surface area (Å²) < 4.78 is 14.2. The SMILES string of the molecule is CCc1ccc(-c2ccc(Cl)c(F)c2Cl)cc1C1=C(O)C2C3CCC(C3)C2C1=O. The van der Waals surface area contributed by atoms with E-state index in [1.54, 1.807) is 6.07 Å². The molecule has 29 heavy (non-hydrogen) atoms. The van der Waals surface area contributed by atoms with Crippen LogP contribution in [0.15, 0.2) is 36.1 Å². The first-order chi connectivity index (χ1) is 13.9. The first-order valence-electron chi connectivity index (χ1n) is 10.2. The van der Waals surface area contributed by atoms with Crippen LogP contribution in [0.3, 0.4) is 0 Å². The Morgan fingerprint density at radius 2 is 1.79 bits per heavy atom. The molecular weight excluding hydrogens is 410 g/mol. The number of rotatable bonds is 3. The van der Waals surface area contributed by atoms with Gasteiger partial charge in [-0.1, -0.05) is 48.3 Å². The van der Waals surface area contributed by atoms with Gasteiger partial charge in [-0.3, -0.25) is 4.79 Å². The lowest BCUT2D eigenvalue weighted by atomic mass is 9.80. The number of hydrogen-bond donors (Lipinski definition) is 1. The van der Waals surface area contributed by atoms with Crippen molar-refractivity contribution in [3.63, 3.8) is 0 Å². The lowest BCUT2D eigenvalue weighted by molar-refractivity contribution is -0.118. The zero-order valence-electron chi connectivity index (χ0n) is 16.0. The molecule has 0 saturated heterocycles. The molecule has 1 N–H and O–H groups in total. The molecule has 0 aromatic heterocycles. The Balaban J connectivity index is 1.65. The zero-order valence-corrected chi connectivity index (χ0v) is 17.5. The summed E-state index contributed by atoms with van der Waals surface area (Å²) in [5, 5.41) is 11.0. The standard InChI is InChI=1S/C24H21Cl2FO2/c1-2-11-3-4-12(15-7-8-17(25)22(27)21(15)26)10-16(11)20-23(28)18-13-5-6-14(9-13)19(18)24(20)29/h3-4,7-8,10,13-14,18-19,28H,2,5-6,9H2,1H3. The van der Waals surface area contributed by atoms with Crippen LogP contribution in [0.2, 0.25) is 10.0 Å². The van der Waals surface area contributed by atoms with Crippen LogP contribution in [0, 0.1) is 29.5 Å². The molecule has 0 spiro atoms. The van der Waals surface area contributed by atoms with Crippen LogP contribution in [-0.4, -0.2) is 10.9 Å². The molecule has 2 fully saturated rings. The average molecular weight is 431 g/mol. The summed E-state index contributed by atoms with van der Waals surface area (Å²) in [5.74, 6) is 0.379. The summed E-state index contributed by atoms with van der Waals surface area (Å²) in [5.41, 5.74) is 3.41. The predicted molar refractivity (Wildman–Crippen MR) is 114 cm³/mol. The van der Waals surface area contributed by atoms with Crippen LogP contribution in [0.1, 0.15) is 37.3 Å². The third-order valence-corrected chi connectivity index (χ3v) is 7.81. The highest BCUT2D eigenvalue weighted by Gasteiger charge is 2.57. The van der Waals surface area contributed by atoms with Gasteiger partial charge in [0.05, 0.1) is 15.6 Å². The number of benzene rings is 2. The maximum Gasteiger partial charge on any atom is 0.170 e. The van der Waals surface area contributed by atoms with Crippen LogP contribution >= 0.6 is 23.2 Å². The second kappa shape index (κ2) is 6.85. The number of allylic oxidation sites excluding steroid dienone is 2. The molecule has 3 aliphatic carbocycles. The van der Waals surface area contributed by atoms with E-state index in [2.05, 4.69) is 0 Å². The van der Waals surface area contributed by atoms with E-state index in [1.165, 1.54) is 6.07 Å². The summed E-state index contributed by atoms with van der Waals surface area (Å²) in [6.45, 7) is 2.02.